The van der Waals surface area contributed by atoms with Crippen molar-refractivity contribution in [3.05, 3.63) is 82.9 Å². The Morgan fingerprint density at radius 1 is 0.550 bits per heavy atom. The summed E-state index contributed by atoms with van der Waals surface area (Å²) < 4.78 is 22.7. The molecule has 4 rings (SSSR count). The maximum atomic E-state index is 13.9. The van der Waals surface area contributed by atoms with Gasteiger partial charge in [0.1, 0.15) is 23.0 Å². The molecule has 4 aromatic carbocycles. The van der Waals surface area contributed by atoms with Crippen molar-refractivity contribution in [2.45, 2.75) is 13.8 Å². The van der Waals surface area contributed by atoms with E-state index >= 15 is 0 Å². The third-order valence-electron chi connectivity index (χ3n) is 6.94. The molecule has 0 aliphatic rings. The number of nitrogens with one attached hydrogen (secondary N) is 2. The van der Waals surface area contributed by atoms with Crippen LogP contribution in [0.1, 0.15) is 27.0 Å². The first-order chi connectivity index (χ1) is 19.3. The van der Waals surface area contributed by atoms with E-state index in [4.69, 9.17) is 18.9 Å². The van der Waals surface area contributed by atoms with E-state index in [2.05, 4.69) is 10.6 Å². The van der Waals surface area contributed by atoms with Crippen molar-refractivity contribution >= 4 is 17.2 Å². The third-order valence-corrected chi connectivity index (χ3v) is 6.94. The standard InChI is InChI=1S/C33H36N2O5/c1-19-13-27(37-5)31(28(14-19)38-6)21-9-11-23(25(17-21)34-3)33(36)24-12-10-22(18-26(24)35-4)32-29(39-7)15-20(2)16-30(32)40-8/h9-18,34-35H,1-8H3. The SMILES string of the molecule is CNc1cc(-c2c(OC)cc(C)cc2OC)ccc1C(=O)c1ccc(-c2c(OC)cc(C)cc2OC)cc1NC. The molecule has 4 aromatic rings. The summed E-state index contributed by atoms with van der Waals surface area (Å²) in [5, 5.41) is 6.39. The summed E-state index contributed by atoms with van der Waals surface area (Å²) >= 11 is 0. The number of anilines is 2. The Bertz CT molecular complexity index is 1400. The summed E-state index contributed by atoms with van der Waals surface area (Å²) in [5.74, 6) is 2.69. The number of hydrogen-bond acceptors (Lipinski definition) is 7. The predicted molar refractivity (Wildman–Crippen MR) is 162 cm³/mol. The van der Waals surface area contributed by atoms with Crippen LogP contribution in [0.5, 0.6) is 23.0 Å². The lowest BCUT2D eigenvalue weighted by atomic mass is 9.93. The average Bonchev–Trinajstić information content (AvgIpc) is 2.98. The second-order valence-corrected chi connectivity index (χ2v) is 9.44. The van der Waals surface area contributed by atoms with Crippen molar-refractivity contribution in [1.82, 2.24) is 0 Å². The van der Waals surface area contributed by atoms with Gasteiger partial charge in [0.05, 0.1) is 39.6 Å². The van der Waals surface area contributed by atoms with E-state index < -0.39 is 0 Å². The normalized spacial score (nSPS) is 10.6. The zero-order valence-corrected chi connectivity index (χ0v) is 24.3. The van der Waals surface area contributed by atoms with Gasteiger partial charge in [0, 0.05) is 36.6 Å². The molecule has 0 spiro atoms. The first kappa shape index (κ1) is 28.4. The first-order valence-electron chi connectivity index (χ1n) is 12.9. The molecule has 0 amide bonds. The second-order valence-electron chi connectivity index (χ2n) is 9.44. The van der Waals surface area contributed by atoms with Crippen molar-refractivity contribution in [3.8, 4) is 45.3 Å². The van der Waals surface area contributed by atoms with E-state index in [1.54, 1.807) is 42.5 Å². The fourth-order valence-corrected chi connectivity index (χ4v) is 5.01. The van der Waals surface area contributed by atoms with Gasteiger partial charge in [-0.25, -0.2) is 0 Å². The fourth-order valence-electron chi connectivity index (χ4n) is 5.01. The van der Waals surface area contributed by atoms with E-state index in [1.165, 1.54) is 0 Å². The number of carbonyl (C=O) groups is 1. The minimum atomic E-state index is -0.113. The highest BCUT2D eigenvalue weighted by atomic mass is 16.5. The van der Waals surface area contributed by atoms with Crippen molar-refractivity contribution in [3.63, 3.8) is 0 Å². The van der Waals surface area contributed by atoms with E-state index in [0.29, 0.717) is 45.5 Å². The summed E-state index contributed by atoms with van der Waals surface area (Å²) in [6.07, 6.45) is 0. The molecule has 0 bridgehead atoms. The smallest absolute Gasteiger partial charge is 0.197 e. The van der Waals surface area contributed by atoms with Crippen LogP contribution in [0.4, 0.5) is 11.4 Å². The minimum absolute atomic E-state index is 0.113. The second kappa shape index (κ2) is 12.0. The molecule has 0 saturated heterocycles. The maximum absolute atomic E-state index is 13.9. The highest BCUT2D eigenvalue weighted by Gasteiger charge is 2.22. The van der Waals surface area contributed by atoms with Crippen molar-refractivity contribution in [2.24, 2.45) is 0 Å². The van der Waals surface area contributed by atoms with Crippen LogP contribution in [0.15, 0.2) is 60.7 Å². The van der Waals surface area contributed by atoms with Crippen LogP contribution in [-0.2, 0) is 0 Å². The molecule has 0 atom stereocenters. The number of methoxy groups -OCH3 is 4. The quantitative estimate of drug-likeness (QED) is 0.210. The van der Waals surface area contributed by atoms with E-state index in [0.717, 1.165) is 33.4 Å². The molecule has 40 heavy (non-hydrogen) atoms. The number of benzene rings is 4. The molecule has 7 heteroatoms. The number of rotatable bonds is 10. The monoisotopic (exact) mass is 540 g/mol. The zero-order chi connectivity index (χ0) is 29.0. The molecule has 0 fully saturated rings. The van der Waals surface area contributed by atoms with Crippen LogP contribution < -0.4 is 29.6 Å². The fraction of sp³-hybridized carbons (Fsp3) is 0.242. The summed E-state index contributed by atoms with van der Waals surface area (Å²) in [4.78, 5) is 13.9. The molecular weight excluding hydrogens is 504 g/mol. The van der Waals surface area contributed by atoms with Crippen LogP contribution in [-0.4, -0.2) is 48.3 Å². The molecule has 7 nitrogen and oxygen atoms in total. The van der Waals surface area contributed by atoms with Gasteiger partial charge in [-0.1, -0.05) is 12.1 Å². The first-order valence-corrected chi connectivity index (χ1v) is 12.9. The largest absolute Gasteiger partial charge is 0.496 e. The maximum Gasteiger partial charge on any atom is 0.197 e. The van der Waals surface area contributed by atoms with Gasteiger partial charge in [0.2, 0.25) is 0 Å². The molecule has 0 aromatic heterocycles. The molecule has 0 saturated carbocycles. The van der Waals surface area contributed by atoms with Gasteiger partial charge < -0.3 is 29.6 Å². The van der Waals surface area contributed by atoms with Crippen LogP contribution in [0.2, 0.25) is 0 Å². The average molecular weight is 541 g/mol. The molecule has 0 aliphatic carbocycles. The predicted octanol–water partition coefficient (Wildman–Crippen LogP) is 6.99. The number of aryl methyl sites for hydroxylation is 2. The Morgan fingerprint density at radius 3 is 1.15 bits per heavy atom. The van der Waals surface area contributed by atoms with E-state index in [9.17, 15) is 4.79 Å². The molecule has 0 unspecified atom stereocenters. The van der Waals surface area contributed by atoms with Crippen molar-refractivity contribution in [2.75, 3.05) is 53.2 Å². The number of hydrogen-bond donors (Lipinski definition) is 2. The number of ketones is 1. The van der Waals surface area contributed by atoms with Gasteiger partial charge in [-0.05, 0) is 84.6 Å². The van der Waals surface area contributed by atoms with Crippen LogP contribution in [0, 0.1) is 13.8 Å². The lowest BCUT2D eigenvalue weighted by Gasteiger charge is -2.18. The van der Waals surface area contributed by atoms with Gasteiger partial charge in [-0.3, -0.25) is 4.79 Å². The Balaban J connectivity index is 1.79. The lowest BCUT2D eigenvalue weighted by Crippen LogP contribution is -2.09. The topological polar surface area (TPSA) is 78.1 Å². The summed E-state index contributed by atoms with van der Waals surface area (Å²) in [6.45, 7) is 3.98. The Labute approximate surface area is 236 Å². The lowest BCUT2D eigenvalue weighted by molar-refractivity contribution is 0.104. The Hall–Kier alpha value is -4.65. The summed E-state index contributed by atoms with van der Waals surface area (Å²) in [5.41, 5.74) is 7.94. The molecule has 2 N–H and O–H groups in total. The van der Waals surface area contributed by atoms with Gasteiger partial charge in [-0.15, -0.1) is 0 Å². The van der Waals surface area contributed by atoms with Crippen molar-refractivity contribution < 1.29 is 23.7 Å². The van der Waals surface area contributed by atoms with Gasteiger partial charge in [-0.2, -0.15) is 0 Å². The van der Waals surface area contributed by atoms with E-state index in [1.807, 2.05) is 74.5 Å². The van der Waals surface area contributed by atoms with Gasteiger partial charge >= 0.3 is 0 Å². The van der Waals surface area contributed by atoms with Crippen LogP contribution in [0.3, 0.4) is 0 Å². The number of ether oxygens (including phenoxy) is 4. The Morgan fingerprint density at radius 2 is 0.875 bits per heavy atom. The summed E-state index contributed by atoms with van der Waals surface area (Å²) in [7, 11) is 10.2. The number of carbonyl (C=O) groups excluding carboxylic acids is 1. The molecule has 0 aliphatic heterocycles. The zero-order valence-electron chi connectivity index (χ0n) is 24.3. The molecule has 208 valence electrons. The third kappa shape index (κ3) is 5.27. The van der Waals surface area contributed by atoms with Crippen LogP contribution in [0.25, 0.3) is 22.3 Å². The van der Waals surface area contributed by atoms with Gasteiger partial charge in [0.15, 0.2) is 5.78 Å². The van der Waals surface area contributed by atoms with Gasteiger partial charge in [0.25, 0.3) is 0 Å². The molecule has 0 radical (unpaired) electrons. The highest BCUT2D eigenvalue weighted by Crippen LogP contribution is 2.43. The van der Waals surface area contributed by atoms with Crippen molar-refractivity contribution in [1.29, 1.82) is 0 Å². The molecular formula is C33H36N2O5. The molecule has 0 heterocycles. The van der Waals surface area contributed by atoms with E-state index in [-0.39, 0.29) is 5.78 Å². The summed E-state index contributed by atoms with van der Waals surface area (Å²) in [6, 6.07) is 19.3. The minimum Gasteiger partial charge on any atom is -0.496 e. The highest BCUT2D eigenvalue weighted by molar-refractivity contribution is 6.16. The Kier molecular flexibility index (Phi) is 8.53. The van der Waals surface area contributed by atoms with Crippen LogP contribution >= 0.6 is 0 Å².